The molecule has 84 valence electrons. The fourth-order valence-corrected chi connectivity index (χ4v) is 1.20. The van der Waals surface area contributed by atoms with Gasteiger partial charge in [-0.05, 0) is 12.1 Å². The van der Waals surface area contributed by atoms with E-state index in [0.29, 0.717) is 5.75 Å². The number of hydrogen-bond donors (Lipinski definition) is 0. The standard InChI is InChI=1S/C11H11NO4/c1-14-9-5-3-4-8(11(13)15-2)10(9)16-7-6-12/h3-5H,7H2,1-2H3. The Morgan fingerprint density at radius 3 is 2.75 bits per heavy atom. The van der Waals surface area contributed by atoms with Crippen LogP contribution in [-0.4, -0.2) is 26.8 Å². The van der Waals surface area contributed by atoms with Crippen LogP contribution in [0.3, 0.4) is 0 Å². The van der Waals surface area contributed by atoms with Crippen molar-refractivity contribution in [1.82, 2.24) is 0 Å². The van der Waals surface area contributed by atoms with E-state index in [0.717, 1.165) is 0 Å². The van der Waals surface area contributed by atoms with Crippen LogP contribution in [0.5, 0.6) is 11.5 Å². The maximum absolute atomic E-state index is 11.4. The predicted octanol–water partition coefficient (Wildman–Crippen LogP) is 1.38. The number of para-hydroxylation sites is 1. The number of esters is 1. The lowest BCUT2D eigenvalue weighted by atomic mass is 10.2. The number of carbonyl (C=O) groups is 1. The molecule has 5 nitrogen and oxygen atoms in total. The highest BCUT2D eigenvalue weighted by Crippen LogP contribution is 2.31. The van der Waals surface area contributed by atoms with Gasteiger partial charge < -0.3 is 14.2 Å². The highest BCUT2D eigenvalue weighted by atomic mass is 16.5. The average Bonchev–Trinajstić information content (AvgIpc) is 2.34. The van der Waals surface area contributed by atoms with Crippen LogP contribution in [0.2, 0.25) is 0 Å². The Morgan fingerprint density at radius 2 is 2.19 bits per heavy atom. The van der Waals surface area contributed by atoms with Crippen LogP contribution in [0.4, 0.5) is 0 Å². The van der Waals surface area contributed by atoms with Crippen molar-refractivity contribution >= 4 is 5.97 Å². The largest absolute Gasteiger partial charge is 0.493 e. The summed E-state index contributed by atoms with van der Waals surface area (Å²) in [6.07, 6.45) is 0. The number of hydrogen-bond acceptors (Lipinski definition) is 5. The van der Waals surface area contributed by atoms with Crippen LogP contribution >= 0.6 is 0 Å². The zero-order chi connectivity index (χ0) is 12.0. The van der Waals surface area contributed by atoms with Gasteiger partial charge in [0.05, 0.1) is 14.2 Å². The van der Waals surface area contributed by atoms with E-state index in [1.54, 1.807) is 18.2 Å². The summed E-state index contributed by atoms with van der Waals surface area (Å²) in [7, 11) is 2.73. The molecule has 0 amide bonds. The van der Waals surface area contributed by atoms with E-state index in [4.69, 9.17) is 14.7 Å². The zero-order valence-corrected chi connectivity index (χ0v) is 9.02. The van der Waals surface area contributed by atoms with Gasteiger partial charge in [0.15, 0.2) is 18.1 Å². The summed E-state index contributed by atoms with van der Waals surface area (Å²) in [5.41, 5.74) is 0.233. The van der Waals surface area contributed by atoms with Crippen LogP contribution in [0.15, 0.2) is 18.2 Å². The van der Waals surface area contributed by atoms with Crippen LogP contribution in [0, 0.1) is 11.3 Å². The molecule has 1 aromatic carbocycles. The molecule has 0 bridgehead atoms. The summed E-state index contributed by atoms with van der Waals surface area (Å²) < 4.78 is 14.8. The van der Waals surface area contributed by atoms with E-state index in [1.807, 2.05) is 6.07 Å². The molecule has 5 heteroatoms. The molecule has 0 aliphatic heterocycles. The Labute approximate surface area is 93.2 Å². The third-order valence-electron chi connectivity index (χ3n) is 1.89. The molecule has 0 saturated heterocycles. The number of nitrogens with zero attached hydrogens (tertiary/aromatic N) is 1. The second-order valence-corrected chi connectivity index (χ2v) is 2.78. The molecular formula is C11H11NO4. The minimum absolute atomic E-state index is 0.162. The number of methoxy groups -OCH3 is 2. The van der Waals surface area contributed by atoms with E-state index in [1.165, 1.54) is 14.2 Å². The molecule has 0 N–H and O–H groups in total. The Kier molecular flexibility index (Phi) is 4.16. The van der Waals surface area contributed by atoms with Crippen molar-refractivity contribution < 1.29 is 19.0 Å². The van der Waals surface area contributed by atoms with Crippen LogP contribution < -0.4 is 9.47 Å². The molecule has 0 spiro atoms. The third-order valence-corrected chi connectivity index (χ3v) is 1.89. The Balaban J connectivity index is 3.15. The lowest BCUT2D eigenvalue weighted by molar-refractivity contribution is 0.0596. The molecule has 0 fully saturated rings. The quantitative estimate of drug-likeness (QED) is 0.718. The van der Waals surface area contributed by atoms with Gasteiger partial charge in [0.25, 0.3) is 0 Å². The van der Waals surface area contributed by atoms with Crippen molar-refractivity contribution in [1.29, 1.82) is 5.26 Å². The molecule has 16 heavy (non-hydrogen) atoms. The van der Waals surface area contributed by atoms with Crippen molar-refractivity contribution in [3.63, 3.8) is 0 Å². The summed E-state index contributed by atoms with van der Waals surface area (Å²) in [5.74, 6) is 0.0726. The summed E-state index contributed by atoms with van der Waals surface area (Å²) in [6.45, 7) is -0.162. The van der Waals surface area contributed by atoms with Gasteiger partial charge in [0.1, 0.15) is 11.6 Å². The molecule has 0 aliphatic rings. The van der Waals surface area contributed by atoms with Gasteiger partial charge in [0, 0.05) is 0 Å². The molecule has 1 aromatic rings. The Hall–Kier alpha value is -2.22. The lowest BCUT2D eigenvalue weighted by Gasteiger charge is -2.11. The smallest absolute Gasteiger partial charge is 0.341 e. The molecule has 0 heterocycles. The first-order valence-electron chi connectivity index (χ1n) is 4.49. The zero-order valence-electron chi connectivity index (χ0n) is 9.02. The minimum atomic E-state index is -0.535. The van der Waals surface area contributed by atoms with Gasteiger partial charge >= 0.3 is 5.97 Å². The lowest BCUT2D eigenvalue weighted by Crippen LogP contribution is -2.07. The fraction of sp³-hybridized carbons (Fsp3) is 0.273. The van der Waals surface area contributed by atoms with Crippen molar-refractivity contribution in [2.75, 3.05) is 20.8 Å². The topological polar surface area (TPSA) is 68.6 Å². The molecular weight excluding hydrogens is 210 g/mol. The van der Waals surface area contributed by atoms with Crippen LogP contribution in [0.25, 0.3) is 0 Å². The van der Waals surface area contributed by atoms with E-state index in [9.17, 15) is 4.79 Å². The number of benzene rings is 1. The fourth-order valence-electron chi connectivity index (χ4n) is 1.20. The first kappa shape index (κ1) is 11.9. The average molecular weight is 221 g/mol. The number of nitriles is 1. The second kappa shape index (κ2) is 5.61. The molecule has 0 aliphatic carbocycles. The summed E-state index contributed by atoms with van der Waals surface area (Å²) >= 11 is 0. The van der Waals surface area contributed by atoms with E-state index >= 15 is 0 Å². The van der Waals surface area contributed by atoms with E-state index in [2.05, 4.69) is 4.74 Å². The first-order valence-corrected chi connectivity index (χ1v) is 4.49. The van der Waals surface area contributed by atoms with Gasteiger partial charge in [-0.15, -0.1) is 0 Å². The first-order chi connectivity index (χ1) is 7.74. The summed E-state index contributed by atoms with van der Waals surface area (Å²) in [4.78, 5) is 11.4. The van der Waals surface area contributed by atoms with Crippen molar-refractivity contribution in [2.24, 2.45) is 0 Å². The van der Waals surface area contributed by atoms with Crippen LogP contribution in [0.1, 0.15) is 10.4 Å². The Morgan fingerprint density at radius 1 is 1.44 bits per heavy atom. The van der Waals surface area contributed by atoms with Crippen molar-refractivity contribution in [3.05, 3.63) is 23.8 Å². The van der Waals surface area contributed by atoms with Crippen molar-refractivity contribution in [3.8, 4) is 17.6 Å². The maximum Gasteiger partial charge on any atom is 0.341 e. The van der Waals surface area contributed by atoms with Gasteiger partial charge in [0.2, 0.25) is 0 Å². The molecule has 0 saturated carbocycles. The number of rotatable bonds is 4. The predicted molar refractivity (Wildman–Crippen MR) is 55.4 cm³/mol. The normalized spacial score (nSPS) is 9.06. The monoisotopic (exact) mass is 221 g/mol. The van der Waals surface area contributed by atoms with E-state index in [-0.39, 0.29) is 17.9 Å². The SMILES string of the molecule is COC(=O)c1cccc(OC)c1OCC#N. The van der Waals surface area contributed by atoms with Gasteiger partial charge in [-0.3, -0.25) is 0 Å². The maximum atomic E-state index is 11.4. The third kappa shape index (κ3) is 2.42. The van der Waals surface area contributed by atoms with Crippen molar-refractivity contribution in [2.45, 2.75) is 0 Å². The minimum Gasteiger partial charge on any atom is -0.493 e. The Bertz CT molecular complexity index is 422. The van der Waals surface area contributed by atoms with E-state index < -0.39 is 5.97 Å². The van der Waals surface area contributed by atoms with Crippen LogP contribution in [-0.2, 0) is 4.74 Å². The number of carbonyl (C=O) groups excluding carboxylic acids is 1. The van der Waals surface area contributed by atoms with Gasteiger partial charge in [-0.1, -0.05) is 6.07 Å². The van der Waals surface area contributed by atoms with Gasteiger partial charge in [-0.2, -0.15) is 5.26 Å². The molecule has 0 aromatic heterocycles. The highest BCUT2D eigenvalue weighted by Gasteiger charge is 2.17. The second-order valence-electron chi connectivity index (χ2n) is 2.78. The summed E-state index contributed by atoms with van der Waals surface area (Å²) in [6, 6.07) is 6.65. The molecule has 1 rings (SSSR count). The van der Waals surface area contributed by atoms with Gasteiger partial charge in [-0.25, -0.2) is 4.79 Å². The molecule has 0 radical (unpaired) electrons. The number of ether oxygens (including phenoxy) is 3. The molecule has 0 unspecified atom stereocenters. The summed E-state index contributed by atoms with van der Waals surface area (Å²) in [5, 5.41) is 8.45. The highest BCUT2D eigenvalue weighted by molar-refractivity contribution is 5.93. The molecule has 0 atom stereocenters.